The van der Waals surface area contributed by atoms with Crippen LogP contribution in [0.5, 0.6) is 11.5 Å². The van der Waals surface area contributed by atoms with E-state index in [1.807, 2.05) is 0 Å². The zero-order chi connectivity index (χ0) is 24.7. The van der Waals surface area contributed by atoms with Crippen molar-refractivity contribution in [2.75, 3.05) is 19.5 Å². The third-order valence-electron chi connectivity index (χ3n) is 5.88. The van der Waals surface area contributed by atoms with Crippen LogP contribution in [0.15, 0.2) is 59.2 Å². The number of aromatic nitrogens is 2. The van der Waals surface area contributed by atoms with Gasteiger partial charge in [0.2, 0.25) is 0 Å². The van der Waals surface area contributed by atoms with Gasteiger partial charge in [0, 0.05) is 29.2 Å². The number of ether oxygens (including phenoxy) is 2. The summed E-state index contributed by atoms with van der Waals surface area (Å²) in [6, 6.07) is 12.8. The number of nitrogens with one attached hydrogen (secondary N) is 1. The van der Waals surface area contributed by atoms with Crippen LogP contribution in [-0.2, 0) is 19.0 Å². The molecule has 180 valence electrons. The molecule has 0 fully saturated rings. The molecule has 1 aliphatic carbocycles. The van der Waals surface area contributed by atoms with Crippen LogP contribution in [0, 0.1) is 0 Å². The van der Waals surface area contributed by atoms with Crippen LogP contribution in [0.1, 0.15) is 27.4 Å². The summed E-state index contributed by atoms with van der Waals surface area (Å²) in [7, 11) is 2.99. The molecule has 1 N–H and O–H groups in total. The van der Waals surface area contributed by atoms with E-state index in [-0.39, 0.29) is 12.0 Å². The SMILES string of the molecule is COc1ccc(OC)c(NC(=O)c2ccc(-n3nc(C(F)(F)F)c4c3-c3ccoc3CC4)cc2)c1. The lowest BCUT2D eigenvalue weighted by Crippen LogP contribution is -2.13. The number of furan rings is 1. The molecule has 1 aliphatic rings. The molecule has 7 nitrogen and oxygen atoms in total. The van der Waals surface area contributed by atoms with E-state index in [0.29, 0.717) is 51.9 Å². The third kappa shape index (κ3) is 4.01. The molecule has 0 saturated carbocycles. The fourth-order valence-electron chi connectivity index (χ4n) is 4.22. The van der Waals surface area contributed by atoms with Gasteiger partial charge in [0.1, 0.15) is 17.3 Å². The maximum Gasteiger partial charge on any atom is 0.435 e. The first-order valence-corrected chi connectivity index (χ1v) is 10.7. The Morgan fingerprint density at radius 3 is 2.51 bits per heavy atom. The van der Waals surface area contributed by atoms with Gasteiger partial charge in [-0.2, -0.15) is 18.3 Å². The first kappa shape index (κ1) is 22.6. The van der Waals surface area contributed by atoms with Crippen molar-refractivity contribution in [1.29, 1.82) is 0 Å². The number of amides is 1. The van der Waals surface area contributed by atoms with Gasteiger partial charge in [0.25, 0.3) is 5.91 Å². The van der Waals surface area contributed by atoms with Crippen LogP contribution >= 0.6 is 0 Å². The van der Waals surface area contributed by atoms with Gasteiger partial charge in [-0.05, 0) is 48.9 Å². The van der Waals surface area contributed by atoms with E-state index in [9.17, 15) is 18.0 Å². The number of carbonyl (C=O) groups is 1. The molecule has 0 radical (unpaired) electrons. The largest absolute Gasteiger partial charge is 0.497 e. The second kappa shape index (κ2) is 8.53. The maximum atomic E-state index is 13.7. The Morgan fingerprint density at radius 1 is 1.06 bits per heavy atom. The molecule has 2 aromatic carbocycles. The number of anilines is 1. The Balaban J connectivity index is 1.49. The highest BCUT2D eigenvalue weighted by atomic mass is 19.4. The van der Waals surface area contributed by atoms with Gasteiger partial charge in [-0.25, -0.2) is 4.68 Å². The van der Waals surface area contributed by atoms with Crippen molar-refractivity contribution in [3.8, 4) is 28.4 Å². The van der Waals surface area contributed by atoms with E-state index in [2.05, 4.69) is 10.4 Å². The quantitative estimate of drug-likeness (QED) is 0.405. The summed E-state index contributed by atoms with van der Waals surface area (Å²) in [6.07, 6.45) is -2.58. The van der Waals surface area contributed by atoms with Crippen LogP contribution in [0.3, 0.4) is 0 Å². The lowest BCUT2D eigenvalue weighted by Gasteiger charge is -2.15. The monoisotopic (exact) mass is 483 g/mol. The molecule has 35 heavy (non-hydrogen) atoms. The molecule has 5 rings (SSSR count). The summed E-state index contributed by atoms with van der Waals surface area (Å²) in [6.45, 7) is 0. The molecule has 4 aromatic rings. The number of hydrogen-bond donors (Lipinski definition) is 1. The average molecular weight is 483 g/mol. The maximum absolute atomic E-state index is 13.7. The lowest BCUT2D eigenvalue weighted by atomic mass is 9.94. The summed E-state index contributed by atoms with van der Waals surface area (Å²) in [5.41, 5.74) is 1.28. The highest BCUT2D eigenvalue weighted by Crippen LogP contribution is 2.42. The summed E-state index contributed by atoms with van der Waals surface area (Å²) in [4.78, 5) is 12.8. The molecular weight excluding hydrogens is 463 g/mol. The van der Waals surface area contributed by atoms with Crippen LogP contribution in [0.4, 0.5) is 18.9 Å². The van der Waals surface area contributed by atoms with Crippen molar-refractivity contribution in [3.63, 3.8) is 0 Å². The van der Waals surface area contributed by atoms with E-state index in [0.717, 1.165) is 0 Å². The van der Waals surface area contributed by atoms with Crippen molar-refractivity contribution in [1.82, 2.24) is 9.78 Å². The molecule has 1 amide bonds. The number of methoxy groups -OCH3 is 2. The van der Waals surface area contributed by atoms with Gasteiger partial charge in [-0.15, -0.1) is 0 Å². The molecule has 0 aliphatic heterocycles. The zero-order valence-electron chi connectivity index (χ0n) is 18.8. The minimum Gasteiger partial charge on any atom is -0.497 e. The highest BCUT2D eigenvalue weighted by molar-refractivity contribution is 6.05. The number of rotatable bonds is 5. The lowest BCUT2D eigenvalue weighted by molar-refractivity contribution is -0.142. The Labute approximate surface area is 198 Å². The van der Waals surface area contributed by atoms with Crippen LogP contribution in [0.2, 0.25) is 0 Å². The van der Waals surface area contributed by atoms with Gasteiger partial charge in [0.15, 0.2) is 5.69 Å². The molecule has 0 bridgehead atoms. The van der Waals surface area contributed by atoms with E-state index in [1.54, 1.807) is 36.4 Å². The van der Waals surface area contributed by atoms with Crippen molar-refractivity contribution < 1.29 is 31.9 Å². The van der Waals surface area contributed by atoms with Gasteiger partial charge in [0.05, 0.1) is 37.6 Å². The predicted octanol–water partition coefficient (Wildman–Crippen LogP) is 5.52. The fourth-order valence-corrected chi connectivity index (χ4v) is 4.22. The summed E-state index contributed by atoms with van der Waals surface area (Å²) >= 11 is 0. The standard InChI is InChI=1S/C25H20F3N3O4/c1-33-16-7-9-21(34-2)19(13-16)29-24(32)14-3-5-15(6-4-14)31-22-17-11-12-35-20(17)10-8-18(22)23(30-31)25(26,27)28/h3-7,9,11-13H,8,10H2,1-2H3,(H,29,32). The first-order valence-electron chi connectivity index (χ1n) is 10.7. The number of hydrogen-bond acceptors (Lipinski definition) is 5. The normalized spacial score (nSPS) is 12.6. The second-order valence-electron chi connectivity index (χ2n) is 7.91. The Hall–Kier alpha value is -4.21. The fraction of sp³-hybridized carbons (Fsp3) is 0.200. The highest BCUT2D eigenvalue weighted by Gasteiger charge is 2.41. The zero-order valence-corrected chi connectivity index (χ0v) is 18.8. The van der Waals surface area contributed by atoms with Gasteiger partial charge in [-0.3, -0.25) is 4.79 Å². The number of halogens is 3. The summed E-state index contributed by atoms with van der Waals surface area (Å²) in [5.74, 6) is 1.20. The van der Waals surface area contributed by atoms with Crippen LogP contribution in [-0.4, -0.2) is 29.9 Å². The first-order chi connectivity index (χ1) is 16.8. The Bertz CT molecular complexity index is 1400. The van der Waals surface area contributed by atoms with Crippen molar-refractivity contribution in [2.45, 2.75) is 19.0 Å². The molecule has 10 heteroatoms. The minimum absolute atomic E-state index is 0.137. The van der Waals surface area contributed by atoms with E-state index in [4.69, 9.17) is 13.9 Å². The number of alkyl halides is 3. The van der Waals surface area contributed by atoms with E-state index in [1.165, 1.54) is 37.3 Å². The molecular formula is C25H20F3N3O4. The number of fused-ring (bicyclic) bond motifs is 3. The average Bonchev–Trinajstić information content (AvgIpc) is 3.48. The number of carbonyl (C=O) groups excluding carboxylic acids is 1. The molecule has 2 aromatic heterocycles. The molecule has 0 spiro atoms. The van der Waals surface area contributed by atoms with Gasteiger partial charge >= 0.3 is 6.18 Å². The number of nitrogens with zero attached hydrogens (tertiary/aromatic N) is 2. The Morgan fingerprint density at radius 2 is 1.83 bits per heavy atom. The minimum atomic E-state index is -4.59. The van der Waals surface area contributed by atoms with Crippen LogP contribution < -0.4 is 14.8 Å². The van der Waals surface area contributed by atoms with Crippen molar-refractivity contribution >= 4 is 11.6 Å². The molecule has 0 atom stereocenters. The van der Waals surface area contributed by atoms with Crippen molar-refractivity contribution in [3.05, 3.63) is 77.4 Å². The number of aryl methyl sites for hydroxylation is 1. The van der Waals surface area contributed by atoms with Crippen LogP contribution in [0.25, 0.3) is 16.9 Å². The van der Waals surface area contributed by atoms with Crippen molar-refractivity contribution in [2.24, 2.45) is 0 Å². The van der Waals surface area contributed by atoms with Gasteiger partial charge in [-0.1, -0.05) is 0 Å². The molecule has 0 unspecified atom stereocenters. The molecule has 0 saturated heterocycles. The topological polar surface area (TPSA) is 78.5 Å². The predicted molar refractivity (Wildman–Crippen MR) is 121 cm³/mol. The van der Waals surface area contributed by atoms with E-state index < -0.39 is 17.8 Å². The third-order valence-corrected chi connectivity index (χ3v) is 5.88. The summed E-state index contributed by atoms with van der Waals surface area (Å²) < 4.78 is 58.4. The number of benzene rings is 2. The molecule has 2 heterocycles. The Kier molecular flexibility index (Phi) is 5.50. The second-order valence-corrected chi connectivity index (χ2v) is 7.91. The van der Waals surface area contributed by atoms with Gasteiger partial charge < -0.3 is 19.2 Å². The summed E-state index contributed by atoms with van der Waals surface area (Å²) in [5, 5.41) is 6.68. The smallest absolute Gasteiger partial charge is 0.435 e. The van der Waals surface area contributed by atoms with E-state index >= 15 is 0 Å².